The molecule has 0 amide bonds. The van der Waals surface area contributed by atoms with Gasteiger partial charge in [0.1, 0.15) is 0 Å². The summed E-state index contributed by atoms with van der Waals surface area (Å²) < 4.78 is 32.1. The molecule has 0 fully saturated rings. The highest BCUT2D eigenvalue weighted by molar-refractivity contribution is 5.85. The van der Waals surface area contributed by atoms with Crippen LogP contribution in [0.4, 0.5) is 0 Å². The van der Waals surface area contributed by atoms with Crippen LogP contribution in [0.2, 0.25) is 0 Å². The Morgan fingerprint density at radius 1 is 1.53 bits per heavy atom. The summed E-state index contributed by atoms with van der Waals surface area (Å²) in [7, 11) is 0. The van der Waals surface area contributed by atoms with E-state index in [0.717, 1.165) is 17.1 Å². The van der Waals surface area contributed by atoms with Crippen LogP contribution in [0.15, 0.2) is 18.2 Å². The highest BCUT2D eigenvalue weighted by atomic mass is 35.5. The Kier molecular flexibility index (Phi) is 2.88. The first-order chi connectivity index (χ1) is 7.96. The molecule has 0 saturated carbocycles. The number of benzene rings is 1. The number of para-hydroxylation sites is 1. The van der Waals surface area contributed by atoms with Crippen molar-refractivity contribution in [2.24, 2.45) is 0 Å². The molecule has 2 rings (SSSR count). The van der Waals surface area contributed by atoms with Gasteiger partial charge in [0.2, 0.25) is 6.79 Å². The number of ether oxygens (including phenoxy) is 2. The number of hydrogen-bond acceptors (Lipinski definition) is 3. The molecule has 1 aliphatic heterocycles. The summed E-state index contributed by atoms with van der Waals surface area (Å²) in [6.07, 6.45) is 0.588. The molecule has 1 aromatic rings. The highest BCUT2D eigenvalue weighted by Gasteiger charge is 2.17. The molecule has 0 bridgehead atoms. The molecule has 0 radical (unpaired) electrons. The number of fused-ring (bicyclic) bond motifs is 1. The molecule has 1 N–H and O–H groups in total. The normalized spacial score (nSPS) is 18.3. The van der Waals surface area contributed by atoms with Gasteiger partial charge in [0.05, 0.1) is 0 Å². The zero-order chi connectivity index (χ0) is 12.5. The summed E-state index contributed by atoms with van der Waals surface area (Å²) in [6, 6.07) is 5.49. The van der Waals surface area contributed by atoms with E-state index in [1.54, 1.807) is 0 Å². The van der Waals surface area contributed by atoms with Crippen molar-refractivity contribution in [3.63, 3.8) is 0 Å². The molecule has 3 nitrogen and oxygen atoms in total. The lowest BCUT2D eigenvalue weighted by molar-refractivity contribution is 0.173. The standard InChI is InChI=1S/C11H15NO2.ClH/c1-8(12-2)6-9-4-3-5-10-11(9)14-7-13-10;/h3-5,8,12H,6-7H2,1-2H3;1H/i2D3;. The highest BCUT2D eigenvalue weighted by Crippen LogP contribution is 2.35. The summed E-state index contributed by atoms with van der Waals surface area (Å²) in [5.74, 6) is 1.45. The van der Waals surface area contributed by atoms with E-state index in [2.05, 4.69) is 5.32 Å². The van der Waals surface area contributed by atoms with Crippen molar-refractivity contribution in [1.29, 1.82) is 0 Å². The van der Waals surface area contributed by atoms with Crippen LogP contribution < -0.4 is 14.8 Å². The second kappa shape index (κ2) is 5.24. The zero-order valence-corrected chi connectivity index (χ0v) is 9.26. The molecular formula is C11H16ClNO2. The second-order valence-corrected chi connectivity index (χ2v) is 3.40. The zero-order valence-electron chi connectivity index (χ0n) is 11.4. The molecule has 15 heavy (non-hydrogen) atoms. The topological polar surface area (TPSA) is 30.5 Å². The molecule has 1 aromatic carbocycles. The first-order valence-electron chi connectivity index (χ1n) is 6.11. The van der Waals surface area contributed by atoms with Crippen LogP contribution in [0.25, 0.3) is 0 Å². The minimum absolute atomic E-state index is 0. The third-order valence-electron chi connectivity index (χ3n) is 2.25. The Bertz CT molecular complexity index is 412. The molecule has 84 valence electrons. The van der Waals surface area contributed by atoms with E-state index >= 15 is 0 Å². The van der Waals surface area contributed by atoms with Crippen molar-refractivity contribution in [2.45, 2.75) is 19.4 Å². The van der Waals surface area contributed by atoms with Gasteiger partial charge in [-0.1, -0.05) is 12.1 Å². The third-order valence-corrected chi connectivity index (χ3v) is 2.25. The Morgan fingerprint density at radius 3 is 3.20 bits per heavy atom. The van der Waals surface area contributed by atoms with E-state index in [-0.39, 0.29) is 25.2 Å². The van der Waals surface area contributed by atoms with Gasteiger partial charge in [0.25, 0.3) is 0 Å². The van der Waals surface area contributed by atoms with E-state index in [4.69, 9.17) is 13.6 Å². The Morgan fingerprint density at radius 2 is 2.40 bits per heavy atom. The molecule has 1 heterocycles. The average molecular weight is 233 g/mol. The van der Waals surface area contributed by atoms with Gasteiger partial charge in [0.15, 0.2) is 11.5 Å². The molecule has 0 saturated heterocycles. The van der Waals surface area contributed by atoms with E-state index < -0.39 is 6.98 Å². The number of rotatable bonds is 3. The molecular weight excluding hydrogens is 214 g/mol. The van der Waals surface area contributed by atoms with Crippen molar-refractivity contribution < 1.29 is 13.6 Å². The summed E-state index contributed by atoms with van der Waals surface area (Å²) in [5, 5.41) is 2.56. The minimum Gasteiger partial charge on any atom is -0.454 e. The first kappa shape index (κ1) is 8.25. The largest absolute Gasteiger partial charge is 0.454 e. The molecule has 4 heteroatoms. The maximum Gasteiger partial charge on any atom is 0.231 e. The Balaban J connectivity index is 0.00000162. The molecule has 1 unspecified atom stereocenters. The predicted octanol–water partition coefficient (Wildman–Crippen LogP) is 1.99. The molecule has 1 aliphatic rings. The van der Waals surface area contributed by atoms with Crippen LogP contribution in [0, 0.1) is 0 Å². The Labute approximate surface area is 100 Å². The molecule has 0 aliphatic carbocycles. The van der Waals surface area contributed by atoms with Gasteiger partial charge in [-0.05, 0) is 32.0 Å². The van der Waals surface area contributed by atoms with Crippen LogP contribution in [-0.2, 0) is 6.42 Å². The SMILES string of the molecule is Cl.[2H]C([2H])([2H])NC(C)Cc1cccc2c1OCO2. The van der Waals surface area contributed by atoms with Gasteiger partial charge in [0, 0.05) is 10.2 Å². The lowest BCUT2D eigenvalue weighted by atomic mass is 10.1. The van der Waals surface area contributed by atoms with Gasteiger partial charge >= 0.3 is 0 Å². The maximum atomic E-state index is 7.15. The van der Waals surface area contributed by atoms with Gasteiger partial charge in [-0.3, -0.25) is 0 Å². The van der Waals surface area contributed by atoms with Crippen LogP contribution in [-0.4, -0.2) is 19.8 Å². The van der Waals surface area contributed by atoms with Crippen molar-refractivity contribution in [2.75, 3.05) is 13.8 Å². The first-order valence-corrected chi connectivity index (χ1v) is 4.61. The van der Waals surface area contributed by atoms with Crippen molar-refractivity contribution in [3.05, 3.63) is 23.8 Å². The lowest BCUT2D eigenvalue weighted by Gasteiger charge is -2.11. The monoisotopic (exact) mass is 232 g/mol. The van der Waals surface area contributed by atoms with Crippen LogP contribution in [0.3, 0.4) is 0 Å². The van der Waals surface area contributed by atoms with Crippen LogP contribution in [0.1, 0.15) is 16.6 Å². The Hall–Kier alpha value is -0.930. The number of hydrogen-bond donors (Lipinski definition) is 1. The fourth-order valence-corrected chi connectivity index (χ4v) is 1.53. The summed E-state index contributed by atoms with van der Waals surface area (Å²) >= 11 is 0. The van der Waals surface area contributed by atoms with Gasteiger partial charge in [-0.2, -0.15) is 0 Å². The minimum atomic E-state index is -2.12. The van der Waals surface area contributed by atoms with Gasteiger partial charge in [-0.15, -0.1) is 12.4 Å². The van der Waals surface area contributed by atoms with E-state index in [1.165, 1.54) is 0 Å². The second-order valence-electron chi connectivity index (χ2n) is 3.40. The summed E-state index contributed by atoms with van der Waals surface area (Å²) in [5.41, 5.74) is 0.962. The van der Waals surface area contributed by atoms with Crippen molar-refractivity contribution in [3.8, 4) is 11.5 Å². The van der Waals surface area contributed by atoms with E-state index in [1.807, 2.05) is 25.1 Å². The molecule has 1 atom stereocenters. The van der Waals surface area contributed by atoms with Crippen LogP contribution in [0.5, 0.6) is 11.5 Å². The maximum absolute atomic E-state index is 7.15. The lowest BCUT2D eigenvalue weighted by Crippen LogP contribution is -2.23. The average Bonchev–Trinajstić information content (AvgIpc) is 2.63. The van der Waals surface area contributed by atoms with Crippen LogP contribution >= 0.6 is 12.4 Å². The summed E-state index contributed by atoms with van der Waals surface area (Å²) in [6.45, 7) is -0.0519. The predicted molar refractivity (Wildman–Crippen MR) is 62.0 cm³/mol. The van der Waals surface area contributed by atoms with Gasteiger partial charge < -0.3 is 14.8 Å². The smallest absolute Gasteiger partial charge is 0.231 e. The number of halogens is 1. The van der Waals surface area contributed by atoms with E-state index in [9.17, 15) is 0 Å². The molecule has 0 aromatic heterocycles. The van der Waals surface area contributed by atoms with Crippen molar-refractivity contribution >= 4 is 12.4 Å². The quantitative estimate of drug-likeness (QED) is 0.865. The van der Waals surface area contributed by atoms with E-state index in [0.29, 0.717) is 6.42 Å². The number of likely N-dealkylation sites (N-methyl/N-ethyl adjacent to an activating group) is 1. The summed E-state index contributed by atoms with van der Waals surface area (Å²) in [4.78, 5) is 0. The van der Waals surface area contributed by atoms with Gasteiger partial charge in [-0.25, -0.2) is 0 Å². The van der Waals surface area contributed by atoms with Crippen molar-refractivity contribution in [1.82, 2.24) is 5.32 Å². The fourth-order valence-electron chi connectivity index (χ4n) is 1.53. The molecule has 0 spiro atoms. The third kappa shape index (κ3) is 2.55. The fraction of sp³-hybridized carbons (Fsp3) is 0.455. The number of nitrogens with one attached hydrogen (secondary N) is 1.